The zero-order chi connectivity index (χ0) is 11.4. The van der Waals surface area contributed by atoms with Gasteiger partial charge in [0.15, 0.2) is 0 Å². The molecule has 0 aromatic rings. The van der Waals surface area contributed by atoms with Gasteiger partial charge in [-0.3, -0.25) is 4.79 Å². The summed E-state index contributed by atoms with van der Waals surface area (Å²) in [6.45, 7) is 6.48. The average molecular weight is 209 g/mol. The largest absolute Gasteiger partial charge is 0.461 e. The van der Waals surface area contributed by atoms with Gasteiger partial charge in [0.2, 0.25) is 0 Å². The van der Waals surface area contributed by atoms with E-state index in [1.54, 1.807) is 0 Å². The second-order valence-electron chi connectivity index (χ2n) is 4.82. The summed E-state index contributed by atoms with van der Waals surface area (Å²) in [5.41, 5.74) is 0. The summed E-state index contributed by atoms with van der Waals surface area (Å²) in [6.07, 6.45) is 2.08. The highest BCUT2D eigenvalue weighted by atomic mass is 16.5. The second kappa shape index (κ2) is 5.16. The maximum absolute atomic E-state index is 11.2. The summed E-state index contributed by atoms with van der Waals surface area (Å²) in [5.74, 6) is 1.15. The van der Waals surface area contributed by atoms with Crippen LogP contribution in [0.2, 0.25) is 0 Å². The minimum Gasteiger partial charge on any atom is -0.461 e. The minimum absolute atomic E-state index is 0.00190. The van der Waals surface area contributed by atoms with Crippen molar-refractivity contribution in [3.05, 3.63) is 0 Å². The first-order valence-corrected chi connectivity index (χ1v) is 5.61. The van der Waals surface area contributed by atoms with Gasteiger partial charge in [0.05, 0.1) is 6.07 Å². The maximum Gasteiger partial charge on any atom is 0.320 e. The SMILES string of the molecule is CC1CC(C)C(OC(=O)CC#N)C(C)C1. The number of ether oxygens (including phenoxy) is 1. The van der Waals surface area contributed by atoms with Gasteiger partial charge in [-0.05, 0) is 30.6 Å². The van der Waals surface area contributed by atoms with Crippen LogP contribution in [0.3, 0.4) is 0 Å². The van der Waals surface area contributed by atoms with E-state index in [0.29, 0.717) is 17.8 Å². The highest BCUT2D eigenvalue weighted by Gasteiger charge is 2.33. The van der Waals surface area contributed by atoms with Crippen molar-refractivity contribution in [1.82, 2.24) is 0 Å². The molecule has 3 heteroatoms. The molecule has 1 rings (SSSR count). The Labute approximate surface area is 91.4 Å². The number of carbonyl (C=O) groups is 1. The highest BCUT2D eigenvalue weighted by molar-refractivity contribution is 5.72. The molecule has 0 radical (unpaired) electrons. The Morgan fingerprint density at radius 2 is 1.87 bits per heavy atom. The number of nitriles is 1. The van der Waals surface area contributed by atoms with Crippen LogP contribution in [0.1, 0.15) is 40.0 Å². The first kappa shape index (κ1) is 12.0. The lowest BCUT2D eigenvalue weighted by atomic mass is 9.75. The first-order chi connectivity index (χ1) is 7.04. The monoisotopic (exact) mass is 209 g/mol. The molecule has 0 spiro atoms. The molecule has 0 heterocycles. The van der Waals surface area contributed by atoms with Crippen LogP contribution >= 0.6 is 0 Å². The molecule has 1 aliphatic carbocycles. The molecule has 0 aromatic heterocycles. The predicted molar refractivity (Wildman–Crippen MR) is 56.8 cm³/mol. The highest BCUT2D eigenvalue weighted by Crippen LogP contribution is 2.34. The van der Waals surface area contributed by atoms with Crippen molar-refractivity contribution in [2.24, 2.45) is 17.8 Å². The predicted octanol–water partition coefficient (Wildman–Crippen LogP) is 2.51. The summed E-state index contributed by atoms with van der Waals surface area (Å²) in [4.78, 5) is 11.2. The quantitative estimate of drug-likeness (QED) is 0.656. The van der Waals surface area contributed by atoms with Gasteiger partial charge < -0.3 is 4.74 Å². The molecule has 2 atom stereocenters. The molecular weight excluding hydrogens is 190 g/mol. The lowest BCUT2D eigenvalue weighted by Crippen LogP contribution is -2.37. The molecule has 2 unspecified atom stereocenters. The van der Waals surface area contributed by atoms with E-state index in [9.17, 15) is 4.79 Å². The van der Waals surface area contributed by atoms with E-state index in [4.69, 9.17) is 10.00 Å². The van der Waals surface area contributed by atoms with Crippen LogP contribution < -0.4 is 0 Å². The molecule has 0 aliphatic heterocycles. The van der Waals surface area contributed by atoms with E-state index in [1.807, 2.05) is 6.07 Å². The third-order valence-electron chi connectivity index (χ3n) is 3.16. The van der Waals surface area contributed by atoms with Crippen molar-refractivity contribution in [3.8, 4) is 6.07 Å². The lowest BCUT2D eigenvalue weighted by molar-refractivity contribution is -0.156. The van der Waals surface area contributed by atoms with Crippen molar-refractivity contribution >= 4 is 5.97 Å². The van der Waals surface area contributed by atoms with Crippen molar-refractivity contribution in [3.63, 3.8) is 0 Å². The van der Waals surface area contributed by atoms with Gasteiger partial charge in [-0.15, -0.1) is 0 Å². The average Bonchev–Trinajstić information content (AvgIpc) is 2.11. The number of carbonyl (C=O) groups excluding carboxylic acids is 1. The van der Waals surface area contributed by atoms with Crippen molar-refractivity contribution in [2.75, 3.05) is 0 Å². The second-order valence-corrected chi connectivity index (χ2v) is 4.82. The zero-order valence-corrected chi connectivity index (χ0v) is 9.69. The van der Waals surface area contributed by atoms with Crippen molar-refractivity contribution in [1.29, 1.82) is 5.26 Å². The molecule has 1 saturated carbocycles. The number of nitrogens with zero attached hydrogens (tertiary/aromatic N) is 1. The Bertz CT molecular complexity index is 257. The Balaban J connectivity index is 2.53. The van der Waals surface area contributed by atoms with Gasteiger partial charge in [0.1, 0.15) is 12.5 Å². The van der Waals surface area contributed by atoms with E-state index in [1.165, 1.54) is 0 Å². The zero-order valence-electron chi connectivity index (χ0n) is 9.69. The Morgan fingerprint density at radius 1 is 1.33 bits per heavy atom. The van der Waals surface area contributed by atoms with E-state index >= 15 is 0 Å². The van der Waals surface area contributed by atoms with Crippen LogP contribution in [0.25, 0.3) is 0 Å². The molecule has 1 fully saturated rings. The molecule has 3 nitrogen and oxygen atoms in total. The third kappa shape index (κ3) is 3.23. The van der Waals surface area contributed by atoms with E-state index < -0.39 is 0 Å². The van der Waals surface area contributed by atoms with Gasteiger partial charge >= 0.3 is 5.97 Å². The number of esters is 1. The van der Waals surface area contributed by atoms with Crippen LogP contribution in [0.4, 0.5) is 0 Å². The van der Waals surface area contributed by atoms with Gasteiger partial charge in [-0.1, -0.05) is 20.8 Å². The van der Waals surface area contributed by atoms with Gasteiger partial charge in [0, 0.05) is 0 Å². The van der Waals surface area contributed by atoms with Crippen LogP contribution in [0.15, 0.2) is 0 Å². The van der Waals surface area contributed by atoms with E-state index in [-0.39, 0.29) is 18.5 Å². The summed E-state index contributed by atoms with van der Waals surface area (Å²) in [5, 5.41) is 8.39. The van der Waals surface area contributed by atoms with Crippen LogP contribution in [0.5, 0.6) is 0 Å². The summed E-state index contributed by atoms with van der Waals surface area (Å²) >= 11 is 0. The summed E-state index contributed by atoms with van der Waals surface area (Å²) < 4.78 is 5.34. The standard InChI is InChI=1S/C12H19NO2/c1-8-6-9(2)12(10(3)7-8)15-11(14)4-5-13/h8-10,12H,4,6-7H2,1-3H3. The molecule has 0 N–H and O–H groups in total. The van der Waals surface area contributed by atoms with Crippen molar-refractivity contribution in [2.45, 2.75) is 46.1 Å². The topological polar surface area (TPSA) is 50.1 Å². The van der Waals surface area contributed by atoms with Crippen molar-refractivity contribution < 1.29 is 9.53 Å². The first-order valence-electron chi connectivity index (χ1n) is 5.61. The number of rotatable bonds is 2. The molecule has 0 saturated heterocycles. The Kier molecular flexibility index (Phi) is 4.14. The minimum atomic E-state index is -0.379. The van der Waals surface area contributed by atoms with Gasteiger partial charge in [-0.25, -0.2) is 0 Å². The smallest absolute Gasteiger partial charge is 0.320 e. The van der Waals surface area contributed by atoms with E-state index in [2.05, 4.69) is 20.8 Å². The van der Waals surface area contributed by atoms with Crippen LogP contribution in [-0.4, -0.2) is 12.1 Å². The fourth-order valence-corrected chi connectivity index (χ4v) is 2.68. The maximum atomic E-state index is 11.2. The number of hydrogen-bond acceptors (Lipinski definition) is 3. The van der Waals surface area contributed by atoms with Crippen LogP contribution in [-0.2, 0) is 9.53 Å². The third-order valence-corrected chi connectivity index (χ3v) is 3.16. The molecule has 0 bridgehead atoms. The molecule has 84 valence electrons. The fraction of sp³-hybridized carbons (Fsp3) is 0.833. The normalized spacial score (nSPS) is 35.6. The lowest BCUT2D eigenvalue weighted by Gasteiger charge is -2.37. The molecule has 0 amide bonds. The van der Waals surface area contributed by atoms with Gasteiger partial charge in [0.25, 0.3) is 0 Å². The Hall–Kier alpha value is -1.04. The summed E-state index contributed by atoms with van der Waals surface area (Å²) in [6, 6.07) is 1.82. The van der Waals surface area contributed by atoms with Crippen LogP contribution in [0, 0.1) is 29.1 Å². The fourth-order valence-electron chi connectivity index (χ4n) is 2.68. The Morgan fingerprint density at radius 3 is 2.33 bits per heavy atom. The molecular formula is C12H19NO2. The van der Waals surface area contributed by atoms with E-state index in [0.717, 1.165) is 12.8 Å². The molecule has 1 aliphatic rings. The molecule has 15 heavy (non-hydrogen) atoms. The summed E-state index contributed by atoms with van der Waals surface area (Å²) in [7, 11) is 0. The van der Waals surface area contributed by atoms with Gasteiger partial charge in [-0.2, -0.15) is 5.26 Å². The number of hydrogen-bond donors (Lipinski definition) is 0. The molecule has 0 aromatic carbocycles.